The van der Waals surface area contributed by atoms with E-state index in [1.165, 1.54) is 0 Å². The van der Waals surface area contributed by atoms with Crippen LogP contribution in [0, 0.1) is 0 Å². The fourth-order valence-corrected chi connectivity index (χ4v) is 2.97. The summed E-state index contributed by atoms with van der Waals surface area (Å²) in [5.74, 6) is 0.704. The van der Waals surface area contributed by atoms with E-state index in [1.807, 2.05) is 45.3 Å². The smallest absolute Gasteiger partial charge is 0.265 e. The number of aromatic nitrogens is 2. The van der Waals surface area contributed by atoms with Crippen LogP contribution in [-0.2, 0) is 6.42 Å². The summed E-state index contributed by atoms with van der Waals surface area (Å²) in [6.45, 7) is 2.48. The van der Waals surface area contributed by atoms with Crippen LogP contribution in [-0.4, -0.2) is 48.1 Å². The molecule has 0 bridgehead atoms. The average molecular weight is 334 g/mol. The van der Waals surface area contributed by atoms with Gasteiger partial charge in [-0.3, -0.25) is 4.79 Å². The summed E-state index contributed by atoms with van der Waals surface area (Å²) in [5, 5.41) is 6.97. The molecule has 1 N–H and O–H groups in total. The number of benzene rings is 1. The van der Waals surface area contributed by atoms with E-state index in [2.05, 4.69) is 19.8 Å². The molecule has 0 saturated heterocycles. The van der Waals surface area contributed by atoms with E-state index in [-0.39, 0.29) is 11.9 Å². The van der Waals surface area contributed by atoms with Crippen molar-refractivity contribution in [1.29, 1.82) is 0 Å². The lowest BCUT2D eigenvalue weighted by Gasteiger charge is -2.25. The van der Waals surface area contributed by atoms with Gasteiger partial charge in [-0.25, -0.2) is 0 Å². The Kier molecular flexibility index (Phi) is 6.06. The molecule has 2 rings (SSSR count). The molecule has 1 heterocycles. The molecule has 0 radical (unpaired) electrons. The van der Waals surface area contributed by atoms with Gasteiger partial charge in [0.25, 0.3) is 5.91 Å². The predicted octanol–water partition coefficient (Wildman–Crippen LogP) is 2.14. The number of methoxy groups -OCH3 is 1. The number of aryl methyl sites for hydroxylation is 1. The second-order valence-electron chi connectivity index (χ2n) is 5.36. The number of hydrogen-bond donors (Lipinski definition) is 1. The highest BCUT2D eigenvalue weighted by atomic mass is 32.1. The number of likely N-dealkylation sites (N-methyl/N-ethyl adjacent to an activating group) is 1. The topological polar surface area (TPSA) is 67.3 Å². The molecule has 1 atom stereocenters. The first-order chi connectivity index (χ1) is 11.1. The van der Waals surface area contributed by atoms with Crippen LogP contribution in [0.15, 0.2) is 24.3 Å². The lowest BCUT2D eigenvalue weighted by molar-refractivity contribution is 0.0945. The molecular weight excluding hydrogens is 312 g/mol. The van der Waals surface area contributed by atoms with Crippen LogP contribution in [0.3, 0.4) is 0 Å². The van der Waals surface area contributed by atoms with Crippen molar-refractivity contribution in [2.45, 2.75) is 19.4 Å². The molecule has 1 amide bonds. The third-order valence-electron chi connectivity index (χ3n) is 3.68. The standard InChI is InChI=1S/C16H22N4O2S/c1-5-13-15(23-19-18-13)16(21)17-10-14(20(2)3)11-6-8-12(22-4)9-7-11/h6-9,14H,5,10H2,1-4H3,(H,17,21). The molecule has 0 aliphatic carbocycles. The van der Waals surface area contributed by atoms with E-state index >= 15 is 0 Å². The van der Waals surface area contributed by atoms with Crippen molar-refractivity contribution in [2.75, 3.05) is 27.7 Å². The minimum atomic E-state index is -0.114. The summed E-state index contributed by atoms with van der Waals surface area (Å²) in [4.78, 5) is 15.0. The predicted molar refractivity (Wildman–Crippen MR) is 91.0 cm³/mol. The molecule has 0 spiro atoms. The maximum Gasteiger partial charge on any atom is 0.265 e. The third kappa shape index (κ3) is 4.27. The molecule has 1 aromatic heterocycles. The lowest BCUT2D eigenvalue weighted by Crippen LogP contribution is -2.34. The first kappa shape index (κ1) is 17.4. The largest absolute Gasteiger partial charge is 0.497 e. The van der Waals surface area contributed by atoms with Crippen LogP contribution in [0.25, 0.3) is 0 Å². The van der Waals surface area contributed by atoms with Gasteiger partial charge in [0.15, 0.2) is 0 Å². The second kappa shape index (κ2) is 8.03. The Morgan fingerprint density at radius 3 is 2.61 bits per heavy atom. The SMILES string of the molecule is CCc1nnsc1C(=O)NCC(c1ccc(OC)cc1)N(C)C. The van der Waals surface area contributed by atoms with Crippen molar-refractivity contribution in [3.63, 3.8) is 0 Å². The molecule has 124 valence electrons. The molecule has 6 nitrogen and oxygen atoms in total. The number of ether oxygens (including phenoxy) is 1. The monoisotopic (exact) mass is 334 g/mol. The van der Waals surface area contributed by atoms with E-state index in [9.17, 15) is 4.79 Å². The number of nitrogens with zero attached hydrogens (tertiary/aromatic N) is 3. The highest BCUT2D eigenvalue weighted by Crippen LogP contribution is 2.21. The maximum atomic E-state index is 12.3. The Morgan fingerprint density at radius 1 is 1.35 bits per heavy atom. The first-order valence-electron chi connectivity index (χ1n) is 7.46. The number of nitrogens with one attached hydrogen (secondary N) is 1. The lowest BCUT2D eigenvalue weighted by atomic mass is 10.1. The Hall–Kier alpha value is -1.99. The van der Waals surface area contributed by atoms with Gasteiger partial charge in [0, 0.05) is 6.54 Å². The highest BCUT2D eigenvalue weighted by Gasteiger charge is 2.19. The Labute approximate surface area is 140 Å². The van der Waals surface area contributed by atoms with Gasteiger partial charge in [-0.05, 0) is 49.7 Å². The van der Waals surface area contributed by atoms with Crippen molar-refractivity contribution in [3.05, 3.63) is 40.4 Å². The zero-order valence-electron chi connectivity index (χ0n) is 13.9. The van der Waals surface area contributed by atoms with Crippen LogP contribution >= 0.6 is 11.5 Å². The first-order valence-corrected chi connectivity index (χ1v) is 8.24. The second-order valence-corrected chi connectivity index (χ2v) is 6.12. The Morgan fingerprint density at radius 2 is 2.04 bits per heavy atom. The fraction of sp³-hybridized carbons (Fsp3) is 0.438. The van der Waals surface area contributed by atoms with Gasteiger partial charge in [-0.15, -0.1) is 5.10 Å². The number of carbonyl (C=O) groups is 1. The number of rotatable bonds is 7. The van der Waals surface area contributed by atoms with Crippen LogP contribution in [0.2, 0.25) is 0 Å². The van der Waals surface area contributed by atoms with Crippen molar-refractivity contribution < 1.29 is 9.53 Å². The van der Waals surface area contributed by atoms with E-state index in [0.717, 1.165) is 28.5 Å². The maximum absolute atomic E-state index is 12.3. The summed E-state index contributed by atoms with van der Waals surface area (Å²) >= 11 is 1.14. The van der Waals surface area contributed by atoms with Crippen molar-refractivity contribution in [3.8, 4) is 5.75 Å². The van der Waals surface area contributed by atoms with Gasteiger partial charge in [0.05, 0.1) is 18.8 Å². The zero-order valence-corrected chi connectivity index (χ0v) is 14.7. The molecule has 0 saturated carbocycles. The Balaban J connectivity index is 2.06. The van der Waals surface area contributed by atoms with Gasteiger partial charge in [-0.1, -0.05) is 23.5 Å². The summed E-state index contributed by atoms with van der Waals surface area (Å²) in [7, 11) is 5.63. The van der Waals surface area contributed by atoms with Crippen LogP contribution in [0.4, 0.5) is 0 Å². The molecule has 0 fully saturated rings. The molecule has 2 aromatic rings. The summed E-state index contributed by atoms with van der Waals surface area (Å²) in [6.07, 6.45) is 0.703. The van der Waals surface area contributed by atoms with E-state index < -0.39 is 0 Å². The molecular formula is C16H22N4O2S. The van der Waals surface area contributed by atoms with Crippen molar-refractivity contribution in [2.24, 2.45) is 0 Å². The molecule has 0 aliphatic heterocycles. The summed E-state index contributed by atoms with van der Waals surface area (Å²) in [6, 6.07) is 7.96. The van der Waals surface area contributed by atoms with Gasteiger partial charge >= 0.3 is 0 Å². The minimum absolute atomic E-state index is 0.0795. The van der Waals surface area contributed by atoms with Crippen molar-refractivity contribution >= 4 is 17.4 Å². The van der Waals surface area contributed by atoms with E-state index in [4.69, 9.17) is 4.74 Å². The number of amides is 1. The molecule has 7 heteroatoms. The fourth-order valence-electron chi connectivity index (χ4n) is 2.31. The summed E-state index contributed by atoms with van der Waals surface area (Å²) < 4.78 is 9.05. The Bertz CT molecular complexity index is 640. The van der Waals surface area contributed by atoms with E-state index in [1.54, 1.807) is 7.11 Å². The van der Waals surface area contributed by atoms with Gasteiger partial charge < -0.3 is 15.0 Å². The van der Waals surface area contributed by atoms with Gasteiger partial charge in [0.1, 0.15) is 10.6 Å². The highest BCUT2D eigenvalue weighted by molar-refractivity contribution is 7.08. The molecule has 0 aliphatic rings. The van der Waals surface area contributed by atoms with Gasteiger partial charge in [0.2, 0.25) is 0 Å². The van der Waals surface area contributed by atoms with Crippen LogP contribution in [0.1, 0.15) is 33.9 Å². The third-order valence-corrected chi connectivity index (χ3v) is 4.44. The van der Waals surface area contributed by atoms with Crippen LogP contribution < -0.4 is 10.1 Å². The average Bonchev–Trinajstić information content (AvgIpc) is 3.04. The normalized spacial score (nSPS) is 12.2. The quantitative estimate of drug-likeness (QED) is 0.840. The molecule has 1 unspecified atom stereocenters. The van der Waals surface area contributed by atoms with E-state index in [0.29, 0.717) is 17.8 Å². The number of carbonyl (C=O) groups excluding carboxylic acids is 1. The number of hydrogen-bond acceptors (Lipinski definition) is 6. The summed E-state index contributed by atoms with van der Waals surface area (Å²) in [5.41, 5.74) is 1.87. The van der Waals surface area contributed by atoms with Crippen LogP contribution in [0.5, 0.6) is 5.75 Å². The molecule has 23 heavy (non-hydrogen) atoms. The van der Waals surface area contributed by atoms with Crippen molar-refractivity contribution in [1.82, 2.24) is 19.8 Å². The molecule has 1 aromatic carbocycles. The zero-order chi connectivity index (χ0) is 16.8. The minimum Gasteiger partial charge on any atom is -0.497 e. The van der Waals surface area contributed by atoms with Gasteiger partial charge in [-0.2, -0.15) is 0 Å².